The molecule has 0 bridgehead atoms. The highest BCUT2D eigenvalue weighted by Gasteiger charge is 2.22. The van der Waals surface area contributed by atoms with Gasteiger partial charge >= 0.3 is 0 Å². The summed E-state index contributed by atoms with van der Waals surface area (Å²) in [5.74, 6) is 0. The Morgan fingerprint density at radius 1 is 1.32 bits per heavy atom. The maximum atomic E-state index is 6.00. The van der Waals surface area contributed by atoms with Gasteiger partial charge in [0.25, 0.3) is 0 Å². The molecule has 2 rings (SSSR count). The average Bonchev–Trinajstić information content (AvgIpc) is 2.90. The van der Waals surface area contributed by atoms with Crippen LogP contribution in [0.1, 0.15) is 55.9 Å². The third-order valence-electron chi connectivity index (χ3n) is 4.27. The number of unbranched alkanes of at least 4 members (excludes halogenated alkanes) is 4. The molecule has 0 fully saturated rings. The second-order valence-electron chi connectivity index (χ2n) is 5.68. The quantitative estimate of drug-likeness (QED) is 0.734. The van der Waals surface area contributed by atoms with Crippen LogP contribution in [0.3, 0.4) is 0 Å². The number of rotatable bonds is 8. The van der Waals surface area contributed by atoms with Gasteiger partial charge in [0.2, 0.25) is 0 Å². The van der Waals surface area contributed by atoms with E-state index in [1.54, 1.807) is 10.4 Å². The summed E-state index contributed by atoms with van der Waals surface area (Å²) < 4.78 is 0. The van der Waals surface area contributed by atoms with Crippen LogP contribution in [0.5, 0.6) is 0 Å². The highest BCUT2D eigenvalue weighted by Crippen LogP contribution is 2.26. The zero-order chi connectivity index (χ0) is 13.5. The molecule has 1 aromatic rings. The van der Waals surface area contributed by atoms with Gasteiger partial charge in [0.05, 0.1) is 0 Å². The minimum Gasteiger partial charge on any atom is -0.329 e. The SMILES string of the molecule is CCCCCCCC(CN)N1CCc2sccc2C1. The van der Waals surface area contributed by atoms with Crippen LogP contribution in [0, 0.1) is 0 Å². The van der Waals surface area contributed by atoms with Crippen LogP contribution in [-0.4, -0.2) is 24.0 Å². The fourth-order valence-corrected chi connectivity index (χ4v) is 3.90. The van der Waals surface area contributed by atoms with Gasteiger partial charge in [-0.15, -0.1) is 11.3 Å². The van der Waals surface area contributed by atoms with Gasteiger partial charge in [-0.2, -0.15) is 0 Å². The molecule has 2 nitrogen and oxygen atoms in total. The molecule has 0 radical (unpaired) electrons. The van der Waals surface area contributed by atoms with Crippen molar-refractivity contribution in [2.75, 3.05) is 13.1 Å². The Morgan fingerprint density at radius 2 is 2.16 bits per heavy atom. The van der Waals surface area contributed by atoms with E-state index >= 15 is 0 Å². The summed E-state index contributed by atoms with van der Waals surface area (Å²) in [6, 6.07) is 2.88. The van der Waals surface area contributed by atoms with Gasteiger partial charge < -0.3 is 5.73 Å². The van der Waals surface area contributed by atoms with Crippen LogP contribution < -0.4 is 5.73 Å². The fraction of sp³-hybridized carbons (Fsp3) is 0.750. The summed E-state index contributed by atoms with van der Waals surface area (Å²) in [6.45, 7) is 5.40. The first-order valence-corrected chi connectivity index (χ1v) is 8.72. The molecule has 0 amide bonds. The standard InChI is InChI=1S/C16H28N2S/c1-2-3-4-5-6-7-15(12-17)18-10-8-16-14(13-18)9-11-19-16/h9,11,15H,2-8,10,12-13,17H2,1H3. The summed E-state index contributed by atoms with van der Waals surface area (Å²) in [6.07, 6.45) is 9.32. The van der Waals surface area contributed by atoms with E-state index in [0.717, 1.165) is 13.1 Å². The van der Waals surface area contributed by atoms with Crippen LogP contribution >= 0.6 is 11.3 Å². The molecule has 0 aliphatic carbocycles. The highest BCUT2D eigenvalue weighted by molar-refractivity contribution is 7.10. The average molecular weight is 280 g/mol. The van der Waals surface area contributed by atoms with Crippen molar-refractivity contribution in [3.63, 3.8) is 0 Å². The lowest BCUT2D eigenvalue weighted by molar-refractivity contribution is 0.172. The van der Waals surface area contributed by atoms with Gasteiger partial charge in [-0.25, -0.2) is 0 Å². The summed E-state index contributed by atoms with van der Waals surface area (Å²) in [5, 5.41) is 2.23. The molecule has 0 saturated carbocycles. The second-order valence-corrected chi connectivity index (χ2v) is 6.68. The van der Waals surface area contributed by atoms with Crippen LogP contribution in [0.4, 0.5) is 0 Å². The zero-order valence-electron chi connectivity index (χ0n) is 12.2. The molecule has 1 aromatic heterocycles. The van der Waals surface area contributed by atoms with Crippen LogP contribution in [-0.2, 0) is 13.0 Å². The molecule has 0 saturated heterocycles. The van der Waals surface area contributed by atoms with Gasteiger partial charge in [0.15, 0.2) is 0 Å². The monoisotopic (exact) mass is 280 g/mol. The summed E-state index contributed by atoms with van der Waals surface area (Å²) >= 11 is 1.92. The van der Waals surface area contributed by atoms with Gasteiger partial charge in [-0.05, 0) is 29.9 Å². The number of nitrogens with zero attached hydrogens (tertiary/aromatic N) is 1. The van der Waals surface area contributed by atoms with E-state index in [-0.39, 0.29) is 0 Å². The Morgan fingerprint density at radius 3 is 2.95 bits per heavy atom. The molecule has 1 unspecified atom stereocenters. The third kappa shape index (κ3) is 4.30. The minimum atomic E-state index is 0.592. The van der Waals surface area contributed by atoms with Crippen molar-refractivity contribution in [1.82, 2.24) is 4.90 Å². The predicted octanol–water partition coefficient (Wildman–Crippen LogP) is 3.79. The van der Waals surface area contributed by atoms with E-state index in [0.29, 0.717) is 6.04 Å². The minimum absolute atomic E-state index is 0.592. The first-order valence-electron chi connectivity index (χ1n) is 7.84. The normalized spacial score (nSPS) is 17.4. The van der Waals surface area contributed by atoms with E-state index in [1.165, 1.54) is 51.5 Å². The number of hydrogen-bond donors (Lipinski definition) is 1. The largest absolute Gasteiger partial charge is 0.329 e. The third-order valence-corrected chi connectivity index (χ3v) is 5.29. The van der Waals surface area contributed by atoms with Crippen LogP contribution in [0.15, 0.2) is 11.4 Å². The molecule has 3 heteroatoms. The van der Waals surface area contributed by atoms with Gasteiger partial charge in [0.1, 0.15) is 0 Å². The van der Waals surface area contributed by atoms with Crippen molar-refractivity contribution in [3.8, 4) is 0 Å². The number of fused-ring (bicyclic) bond motifs is 1. The van der Waals surface area contributed by atoms with Crippen molar-refractivity contribution in [2.45, 2.75) is 64.5 Å². The lowest BCUT2D eigenvalue weighted by atomic mass is 10.0. The molecular weight excluding hydrogens is 252 g/mol. The Bertz CT molecular complexity index is 361. The van der Waals surface area contributed by atoms with Crippen molar-refractivity contribution in [2.24, 2.45) is 5.73 Å². The summed E-state index contributed by atoms with van der Waals surface area (Å²) in [5.41, 5.74) is 7.54. The second kappa shape index (κ2) is 8.03. The van der Waals surface area contributed by atoms with Crippen LogP contribution in [0.25, 0.3) is 0 Å². The molecule has 2 heterocycles. The van der Waals surface area contributed by atoms with Crippen molar-refractivity contribution < 1.29 is 0 Å². The molecule has 1 aliphatic rings. The molecule has 0 spiro atoms. The molecule has 19 heavy (non-hydrogen) atoms. The Kier molecular flexibility index (Phi) is 6.35. The van der Waals surface area contributed by atoms with Crippen molar-refractivity contribution in [3.05, 3.63) is 21.9 Å². The fourth-order valence-electron chi connectivity index (χ4n) is 3.01. The Hall–Kier alpha value is -0.380. The first kappa shape index (κ1) is 15.0. The highest BCUT2D eigenvalue weighted by atomic mass is 32.1. The molecule has 2 N–H and O–H groups in total. The smallest absolute Gasteiger partial charge is 0.0248 e. The molecule has 0 aromatic carbocycles. The first-order chi connectivity index (χ1) is 9.35. The summed E-state index contributed by atoms with van der Waals surface area (Å²) in [4.78, 5) is 4.20. The van der Waals surface area contributed by atoms with Crippen LogP contribution in [0.2, 0.25) is 0 Å². The Labute approximate surface area is 122 Å². The molecular formula is C16H28N2S. The van der Waals surface area contributed by atoms with E-state index < -0.39 is 0 Å². The Balaban J connectivity index is 1.75. The van der Waals surface area contributed by atoms with E-state index in [1.807, 2.05) is 11.3 Å². The molecule has 1 aliphatic heterocycles. The predicted molar refractivity (Wildman–Crippen MR) is 84.7 cm³/mol. The number of nitrogens with two attached hydrogens (primary N) is 1. The zero-order valence-corrected chi connectivity index (χ0v) is 13.1. The maximum absolute atomic E-state index is 6.00. The van der Waals surface area contributed by atoms with E-state index in [9.17, 15) is 0 Å². The van der Waals surface area contributed by atoms with Crippen molar-refractivity contribution in [1.29, 1.82) is 0 Å². The van der Waals surface area contributed by atoms with Gasteiger partial charge in [0, 0.05) is 30.6 Å². The topological polar surface area (TPSA) is 29.3 Å². The summed E-state index contributed by atoms with van der Waals surface area (Å²) in [7, 11) is 0. The lowest BCUT2D eigenvalue weighted by Gasteiger charge is -2.34. The van der Waals surface area contributed by atoms with E-state index in [2.05, 4.69) is 23.3 Å². The number of thiophene rings is 1. The molecule has 108 valence electrons. The van der Waals surface area contributed by atoms with Crippen molar-refractivity contribution >= 4 is 11.3 Å². The van der Waals surface area contributed by atoms with Gasteiger partial charge in [-0.1, -0.05) is 39.0 Å². The molecule has 1 atom stereocenters. The lowest BCUT2D eigenvalue weighted by Crippen LogP contribution is -2.43. The number of hydrogen-bond acceptors (Lipinski definition) is 3. The van der Waals surface area contributed by atoms with E-state index in [4.69, 9.17) is 5.73 Å². The van der Waals surface area contributed by atoms with Gasteiger partial charge in [-0.3, -0.25) is 4.90 Å². The maximum Gasteiger partial charge on any atom is 0.0248 e.